The Labute approximate surface area is 150 Å². The van der Waals surface area contributed by atoms with Gasteiger partial charge in [-0.25, -0.2) is 4.98 Å². The standard InChI is InChI=1S/C21H30N2O2/c1-21(14-24,15-25-2)17-10-11-18-19(13-17)23-20(22-18)12-16-8-6-4-3-5-7-9-16/h10-11,13-14,16H,3-9,12,15H2,1-2H3,(H,22,23). The number of hydrogen-bond donors (Lipinski definition) is 1. The van der Waals surface area contributed by atoms with Crippen LogP contribution in [0.25, 0.3) is 11.0 Å². The molecule has 1 saturated carbocycles. The van der Waals surface area contributed by atoms with Crippen LogP contribution in [0.1, 0.15) is 63.3 Å². The van der Waals surface area contributed by atoms with E-state index < -0.39 is 5.41 Å². The van der Waals surface area contributed by atoms with Crippen LogP contribution < -0.4 is 0 Å². The van der Waals surface area contributed by atoms with E-state index in [2.05, 4.69) is 11.1 Å². The van der Waals surface area contributed by atoms with Gasteiger partial charge >= 0.3 is 0 Å². The molecule has 1 N–H and O–H groups in total. The number of benzene rings is 1. The Morgan fingerprint density at radius 3 is 2.64 bits per heavy atom. The summed E-state index contributed by atoms with van der Waals surface area (Å²) in [6.07, 6.45) is 11.5. The smallest absolute Gasteiger partial charge is 0.132 e. The third-order valence-corrected chi connectivity index (χ3v) is 5.60. The van der Waals surface area contributed by atoms with E-state index in [0.717, 1.165) is 41.0 Å². The van der Waals surface area contributed by atoms with E-state index in [1.165, 1.54) is 44.9 Å². The number of aromatic amines is 1. The molecule has 25 heavy (non-hydrogen) atoms. The first kappa shape index (κ1) is 18.1. The van der Waals surface area contributed by atoms with Crippen molar-refractivity contribution in [3.63, 3.8) is 0 Å². The number of methoxy groups -OCH3 is 1. The molecule has 0 amide bonds. The van der Waals surface area contributed by atoms with E-state index in [4.69, 9.17) is 9.72 Å². The van der Waals surface area contributed by atoms with Crippen LogP contribution in [0, 0.1) is 5.92 Å². The fourth-order valence-electron chi connectivity index (χ4n) is 4.02. The summed E-state index contributed by atoms with van der Waals surface area (Å²) in [5, 5.41) is 0. The fourth-order valence-corrected chi connectivity index (χ4v) is 4.02. The normalized spacial score (nSPS) is 19.3. The van der Waals surface area contributed by atoms with Crippen molar-refractivity contribution in [2.75, 3.05) is 13.7 Å². The van der Waals surface area contributed by atoms with Crippen molar-refractivity contribution in [1.29, 1.82) is 0 Å². The Bertz CT molecular complexity index is 701. The van der Waals surface area contributed by atoms with Crippen molar-refractivity contribution in [2.45, 2.75) is 63.7 Å². The number of aromatic nitrogens is 2. The van der Waals surface area contributed by atoms with E-state index in [-0.39, 0.29) is 0 Å². The van der Waals surface area contributed by atoms with Crippen molar-refractivity contribution in [1.82, 2.24) is 9.97 Å². The molecule has 0 saturated heterocycles. The lowest BCUT2D eigenvalue weighted by molar-refractivity contribution is -0.113. The highest BCUT2D eigenvalue weighted by Crippen LogP contribution is 2.28. The van der Waals surface area contributed by atoms with Gasteiger partial charge in [0.2, 0.25) is 0 Å². The maximum atomic E-state index is 11.6. The summed E-state index contributed by atoms with van der Waals surface area (Å²) in [5.74, 6) is 1.83. The average Bonchev–Trinajstić information content (AvgIpc) is 2.98. The predicted molar refractivity (Wildman–Crippen MR) is 101 cm³/mol. The molecule has 1 aromatic heterocycles. The number of aldehydes is 1. The van der Waals surface area contributed by atoms with Crippen molar-refractivity contribution in [3.05, 3.63) is 29.6 Å². The van der Waals surface area contributed by atoms with Crippen LogP contribution in [0.5, 0.6) is 0 Å². The van der Waals surface area contributed by atoms with Gasteiger partial charge in [0, 0.05) is 13.5 Å². The number of imidazole rings is 1. The number of H-pyrrole nitrogens is 1. The Morgan fingerprint density at radius 1 is 1.24 bits per heavy atom. The monoisotopic (exact) mass is 342 g/mol. The fraction of sp³-hybridized carbons (Fsp3) is 0.619. The van der Waals surface area contributed by atoms with Crippen LogP contribution in [0.2, 0.25) is 0 Å². The maximum Gasteiger partial charge on any atom is 0.132 e. The summed E-state index contributed by atoms with van der Waals surface area (Å²) in [4.78, 5) is 19.8. The molecule has 0 radical (unpaired) electrons. The number of rotatable bonds is 6. The molecule has 1 aromatic carbocycles. The molecule has 0 aliphatic heterocycles. The first-order valence-electron chi connectivity index (χ1n) is 9.59. The van der Waals surface area contributed by atoms with Crippen LogP contribution in [-0.2, 0) is 21.4 Å². The van der Waals surface area contributed by atoms with Gasteiger partial charge in [-0.3, -0.25) is 0 Å². The molecule has 1 aliphatic carbocycles. The molecule has 3 rings (SSSR count). The number of nitrogens with zero attached hydrogens (tertiary/aromatic N) is 1. The van der Waals surface area contributed by atoms with E-state index >= 15 is 0 Å². The van der Waals surface area contributed by atoms with Gasteiger partial charge in [-0.15, -0.1) is 0 Å². The second-order valence-corrected chi connectivity index (χ2v) is 7.80. The summed E-state index contributed by atoms with van der Waals surface area (Å²) in [6.45, 7) is 2.29. The lowest BCUT2D eigenvalue weighted by Crippen LogP contribution is -2.29. The number of ether oxygens (including phenoxy) is 1. The predicted octanol–water partition coefficient (Wildman–Crippen LogP) is 4.57. The van der Waals surface area contributed by atoms with Crippen LogP contribution in [0.15, 0.2) is 18.2 Å². The second kappa shape index (κ2) is 8.13. The molecule has 0 spiro atoms. The van der Waals surface area contributed by atoms with E-state index in [1.54, 1.807) is 7.11 Å². The van der Waals surface area contributed by atoms with Gasteiger partial charge in [0.25, 0.3) is 0 Å². The van der Waals surface area contributed by atoms with Gasteiger partial charge in [0.05, 0.1) is 23.1 Å². The topological polar surface area (TPSA) is 55.0 Å². The van der Waals surface area contributed by atoms with Gasteiger partial charge < -0.3 is 14.5 Å². The molecular formula is C21H30N2O2. The number of nitrogens with one attached hydrogen (secondary N) is 1. The van der Waals surface area contributed by atoms with Crippen molar-refractivity contribution < 1.29 is 9.53 Å². The molecule has 1 heterocycles. The van der Waals surface area contributed by atoms with Crippen molar-refractivity contribution >= 4 is 17.3 Å². The minimum atomic E-state index is -0.617. The molecule has 1 aliphatic rings. The average molecular weight is 342 g/mol. The van der Waals surface area contributed by atoms with Crippen LogP contribution in [0.3, 0.4) is 0 Å². The Morgan fingerprint density at radius 2 is 1.96 bits per heavy atom. The molecule has 1 unspecified atom stereocenters. The van der Waals surface area contributed by atoms with E-state index in [1.807, 2.05) is 19.1 Å². The SMILES string of the molecule is COCC(C)(C=O)c1ccc2nc(CC3CCCCCCC3)[nH]c2c1. The minimum absolute atomic E-state index is 0.380. The highest BCUT2D eigenvalue weighted by Gasteiger charge is 2.26. The third-order valence-electron chi connectivity index (χ3n) is 5.60. The lowest BCUT2D eigenvalue weighted by Gasteiger charge is -2.22. The first-order valence-corrected chi connectivity index (χ1v) is 9.59. The molecule has 1 atom stereocenters. The summed E-state index contributed by atoms with van der Waals surface area (Å²) >= 11 is 0. The zero-order chi connectivity index (χ0) is 17.7. The molecule has 0 bridgehead atoms. The largest absolute Gasteiger partial charge is 0.383 e. The molecule has 136 valence electrons. The first-order chi connectivity index (χ1) is 12.1. The molecule has 2 aromatic rings. The van der Waals surface area contributed by atoms with Crippen LogP contribution >= 0.6 is 0 Å². The number of carbonyl (C=O) groups excluding carboxylic acids is 1. The summed E-state index contributed by atoms with van der Waals surface area (Å²) in [5.41, 5.74) is 2.35. The van der Waals surface area contributed by atoms with Gasteiger partial charge in [-0.2, -0.15) is 0 Å². The quantitative estimate of drug-likeness (QED) is 0.782. The molecule has 4 nitrogen and oxygen atoms in total. The molecule has 4 heteroatoms. The minimum Gasteiger partial charge on any atom is -0.383 e. The molecular weight excluding hydrogens is 312 g/mol. The Hall–Kier alpha value is -1.68. The number of carbonyl (C=O) groups is 1. The number of fused-ring (bicyclic) bond motifs is 1. The summed E-state index contributed by atoms with van der Waals surface area (Å²) in [6, 6.07) is 6.06. The van der Waals surface area contributed by atoms with Crippen LogP contribution in [0.4, 0.5) is 0 Å². The number of hydrogen-bond acceptors (Lipinski definition) is 3. The lowest BCUT2D eigenvalue weighted by atomic mass is 9.85. The Kier molecular flexibility index (Phi) is 5.89. The van der Waals surface area contributed by atoms with Gasteiger partial charge in [-0.05, 0) is 30.5 Å². The zero-order valence-electron chi connectivity index (χ0n) is 15.5. The van der Waals surface area contributed by atoms with Crippen LogP contribution in [-0.4, -0.2) is 30.0 Å². The highest BCUT2D eigenvalue weighted by molar-refractivity contribution is 5.79. The third kappa shape index (κ3) is 4.30. The van der Waals surface area contributed by atoms with Crippen molar-refractivity contribution in [2.24, 2.45) is 5.92 Å². The van der Waals surface area contributed by atoms with Gasteiger partial charge in [-0.1, -0.05) is 51.0 Å². The van der Waals surface area contributed by atoms with E-state index in [9.17, 15) is 4.79 Å². The Balaban J connectivity index is 1.78. The summed E-state index contributed by atoms with van der Waals surface area (Å²) in [7, 11) is 1.63. The van der Waals surface area contributed by atoms with Gasteiger partial charge in [0.15, 0.2) is 0 Å². The zero-order valence-corrected chi connectivity index (χ0v) is 15.5. The second-order valence-electron chi connectivity index (χ2n) is 7.80. The van der Waals surface area contributed by atoms with Gasteiger partial charge in [0.1, 0.15) is 12.1 Å². The van der Waals surface area contributed by atoms with E-state index in [0.29, 0.717) is 6.61 Å². The van der Waals surface area contributed by atoms with Crippen molar-refractivity contribution in [3.8, 4) is 0 Å². The maximum absolute atomic E-state index is 11.6. The summed E-state index contributed by atoms with van der Waals surface area (Å²) < 4.78 is 5.24. The molecule has 1 fully saturated rings. The highest BCUT2D eigenvalue weighted by atomic mass is 16.5.